The maximum absolute atomic E-state index is 13.7. The number of aromatic nitrogens is 2. The topological polar surface area (TPSA) is 58.1 Å². The molecular formula is C18H21FN4O. The molecule has 6 heteroatoms. The molecule has 0 bridgehead atoms. The van der Waals surface area contributed by atoms with Gasteiger partial charge in [-0.25, -0.2) is 14.4 Å². The fraction of sp³-hybridized carbons (Fsp3) is 0.389. The third kappa shape index (κ3) is 3.88. The Kier molecular flexibility index (Phi) is 5.03. The third-order valence-electron chi connectivity index (χ3n) is 4.11. The summed E-state index contributed by atoms with van der Waals surface area (Å²) in [5.74, 6) is 0.407. The average Bonchev–Trinajstić information content (AvgIpc) is 2.85. The van der Waals surface area contributed by atoms with Gasteiger partial charge in [-0.3, -0.25) is 4.79 Å². The summed E-state index contributed by atoms with van der Waals surface area (Å²) in [6.45, 7) is 3.64. The van der Waals surface area contributed by atoms with Crippen molar-refractivity contribution in [2.24, 2.45) is 0 Å². The number of halogens is 1. The number of anilines is 2. The van der Waals surface area contributed by atoms with Gasteiger partial charge in [0.2, 0.25) is 0 Å². The standard InChI is InChI=1S/C18H21FN4O/c1-13-20-16(18(24)22-15-9-5-4-8-14(15)19)12-17(21-13)23-10-6-2-3-7-11-23/h4-5,8-9,12H,2-3,6-7,10-11H2,1H3,(H,22,24). The Morgan fingerprint density at radius 3 is 2.54 bits per heavy atom. The van der Waals surface area contributed by atoms with Crippen LogP contribution in [0.2, 0.25) is 0 Å². The summed E-state index contributed by atoms with van der Waals surface area (Å²) in [5, 5.41) is 2.57. The molecule has 1 N–H and O–H groups in total. The van der Waals surface area contributed by atoms with Gasteiger partial charge in [-0.05, 0) is 31.9 Å². The van der Waals surface area contributed by atoms with E-state index in [1.165, 1.54) is 25.0 Å². The van der Waals surface area contributed by atoms with Crippen molar-refractivity contribution in [3.05, 3.63) is 47.7 Å². The van der Waals surface area contributed by atoms with Crippen LogP contribution in [-0.2, 0) is 0 Å². The van der Waals surface area contributed by atoms with Gasteiger partial charge < -0.3 is 10.2 Å². The lowest BCUT2D eigenvalue weighted by Crippen LogP contribution is -2.26. The SMILES string of the molecule is Cc1nc(C(=O)Nc2ccccc2F)cc(N2CCCCCC2)n1. The van der Waals surface area contributed by atoms with E-state index in [1.54, 1.807) is 25.1 Å². The smallest absolute Gasteiger partial charge is 0.274 e. The van der Waals surface area contributed by atoms with Crippen LogP contribution in [0.5, 0.6) is 0 Å². The maximum atomic E-state index is 13.7. The number of hydrogen-bond acceptors (Lipinski definition) is 4. The van der Waals surface area contributed by atoms with Gasteiger partial charge in [0, 0.05) is 19.2 Å². The Balaban J connectivity index is 1.82. The van der Waals surface area contributed by atoms with E-state index in [4.69, 9.17) is 0 Å². The average molecular weight is 328 g/mol. The molecule has 1 amide bonds. The van der Waals surface area contributed by atoms with Crippen molar-refractivity contribution in [2.75, 3.05) is 23.3 Å². The molecule has 126 valence electrons. The van der Waals surface area contributed by atoms with Crippen molar-refractivity contribution in [3.8, 4) is 0 Å². The zero-order valence-electron chi connectivity index (χ0n) is 13.8. The Morgan fingerprint density at radius 2 is 1.83 bits per heavy atom. The van der Waals surface area contributed by atoms with E-state index in [2.05, 4.69) is 20.2 Å². The Bertz CT molecular complexity index is 727. The van der Waals surface area contributed by atoms with Gasteiger partial charge in [0.1, 0.15) is 23.2 Å². The largest absolute Gasteiger partial charge is 0.356 e. The first-order valence-electron chi connectivity index (χ1n) is 8.30. The second-order valence-corrected chi connectivity index (χ2v) is 5.99. The molecular weight excluding hydrogens is 307 g/mol. The van der Waals surface area contributed by atoms with Crippen LogP contribution in [0.4, 0.5) is 15.9 Å². The molecule has 1 aromatic heterocycles. The van der Waals surface area contributed by atoms with Crippen LogP contribution in [0.3, 0.4) is 0 Å². The second-order valence-electron chi connectivity index (χ2n) is 5.99. The molecule has 1 saturated heterocycles. The van der Waals surface area contributed by atoms with Crippen molar-refractivity contribution in [2.45, 2.75) is 32.6 Å². The number of nitrogens with one attached hydrogen (secondary N) is 1. The summed E-state index contributed by atoms with van der Waals surface area (Å²) < 4.78 is 13.7. The summed E-state index contributed by atoms with van der Waals surface area (Å²) in [6.07, 6.45) is 4.70. The number of benzene rings is 1. The zero-order valence-corrected chi connectivity index (χ0v) is 13.8. The van der Waals surface area contributed by atoms with Crippen LogP contribution < -0.4 is 10.2 Å². The summed E-state index contributed by atoms with van der Waals surface area (Å²) in [6, 6.07) is 7.78. The highest BCUT2D eigenvalue weighted by atomic mass is 19.1. The van der Waals surface area contributed by atoms with E-state index < -0.39 is 11.7 Å². The minimum Gasteiger partial charge on any atom is -0.356 e. The molecule has 0 spiro atoms. The number of para-hydroxylation sites is 1. The summed E-state index contributed by atoms with van der Waals surface area (Å²) >= 11 is 0. The molecule has 1 aliphatic rings. The van der Waals surface area contributed by atoms with Crippen LogP contribution in [0, 0.1) is 12.7 Å². The molecule has 5 nitrogen and oxygen atoms in total. The summed E-state index contributed by atoms with van der Waals surface area (Å²) in [5.41, 5.74) is 0.403. The third-order valence-corrected chi connectivity index (χ3v) is 4.11. The fourth-order valence-electron chi connectivity index (χ4n) is 2.88. The van der Waals surface area contributed by atoms with Gasteiger partial charge in [0.05, 0.1) is 5.69 Å². The van der Waals surface area contributed by atoms with Gasteiger partial charge in [-0.1, -0.05) is 25.0 Å². The highest BCUT2D eigenvalue weighted by Crippen LogP contribution is 2.19. The lowest BCUT2D eigenvalue weighted by atomic mass is 10.2. The van der Waals surface area contributed by atoms with Gasteiger partial charge in [-0.15, -0.1) is 0 Å². The monoisotopic (exact) mass is 328 g/mol. The first-order chi connectivity index (χ1) is 11.6. The lowest BCUT2D eigenvalue weighted by molar-refractivity contribution is 0.102. The maximum Gasteiger partial charge on any atom is 0.274 e. The van der Waals surface area contributed by atoms with E-state index >= 15 is 0 Å². The molecule has 24 heavy (non-hydrogen) atoms. The number of carbonyl (C=O) groups excluding carboxylic acids is 1. The Hall–Kier alpha value is -2.50. The van der Waals surface area contributed by atoms with Gasteiger partial charge in [0.15, 0.2) is 0 Å². The predicted octanol–water partition coefficient (Wildman–Crippen LogP) is 3.56. The van der Waals surface area contributed by atoms with Crippen LogP contribution in [0.25, 0.3) is 0 Å². The minimum atomic E-state index is -0.468. The van der Waals surface area contributed by atoms with Crippen molar-refractivity contribution in [1.29, 1.82) is 0 Å². The Morgan fingerprint density at radius 1 is 1.12 bits per heavy atom. The van der Waals surface area contributed by atoms with Crippen molar-refractivity contribution >= 4 is 17.4 Å². The van der Waals surface area contributed by atoms with Crippen LogP contribution in [0.15, 0.2) is 30.3 Å². The summed E-state index contributed by atoms with van der Waals surface area (Å²) in [4.78, 5) is 23.3. The number of rotatable bonds is 3. The van der Waals surface area contributed by atoms with Crippen molar-refractivity contribution in [3.63, 3.8) is 0 Å². The molecule has 0 radical (unpaired) electrons. The van der Waals surface area contributed by atoms with E-state index in [-0.39, 0.29) is 11.4 Å². The van der Waals surface area contributed by atoms with Crippen molar-refractivity contribution in [1.82, 2.24) is 9.97 Å². The van der Waals surface area contributed by atoms with E-state index in [9.17, 15) is 9.18 Å². The first-order valence-corrected chi connectivity index (χ1v) is 8.30. The molecule has 3 rings (SSSR count). The van der Waals surface area contributed by atoms with E-state index in [0.717, 1.165) is 31.7 Å². The highest BCUT2D eigenvalue weighted by molar-refractivity contribution is 6.03. The fourth-order valence-corrected chi connectivity index (χ4v) is 2.88. The predicted molar refractivity (Wildman–Crippen MR) is 91.8 cm³/mol. The molecule has 1 aliphatic heterocycles. The number of aryl methyl sites for hydroxylation is 1. The molecule has 1 aromatic carbocycles. The number of nitrogens with zero attached hydrogens (tertiary/aromatic N) is 3. The first kappa shape index (κ1) is 16.4. The van der Waals surface area contributed by atoms with Gasteiger partial charge in [0.25, 0.3) is 5.91 Å². The molecule has 2 heterocycles. The number of carbonyl (C=O) groups is 1. The molecule has 0 saturated carbocycles. The van der Waals surface area contributed by atoms with Crippen LogP contribution in [0.1, 0.15) is 42.0 Å². The van der Waals surface area contributed by atoms with Crippen molar-refractivity contribution < 1.29 is 9.18 Å². The zero-order chi connectivity index (χ0) is 16.9. The number of hydrogen-bond donors (Lipinski definition) is 1. The molecule has 1 fully saturated rings. The van der Waals surface area contributed by atoms with Crippen LogP contribution >= 0.6 is 0 Å². The summed E-state index contributed by atoms with van der Waals surface area (Å²) in [7, 11) is 0. The molecule has 2 aromatic rings. The molecule has 0 unspecified atom stereocenters. The minimum absolute atomic E-state index is 0.148. The van der Waals surface area contributed by atoms with Gasteiger partial charge >= 0.3 is 0 Å². The normalized spacial score (nSPS) is 15.0. The Labute approximate surface area is 140 Å². The molecule has 0 aliphatic carbocycles. The lowest BCUT2D eigenvalue weighted by Gasteiger charge is -2.22. The van der Waals surface area contributed by atoms with Gasteiger partial charge in [-0.2, -0.15) is 0 Å². The van der Waals surface area contributed by atoms with E-state index in [1.807, 2.05) is 0 Å². The van der Waals surface area contributed by atoms with E-state index in [0.29, 0.717) is 5.82 Å². The highest BCUT2D eigenvalue weighted by Gasteiger charge is 2.17. The molecule has 0 atom stereocenters. The number of amides is 1. The van der Waals surface area contributed by atoms with Crippen LogP contribution in [-0.4, -0.2) is 29.0 Å². The second kappa shape index (κ2) is 7.38. The quantitative estimate of drug-likeness (QED) is 0.936.